The Morgan fingerprint density at radius 2 is 2.21 bits per heavy atom. The van der Waals surface area contributed by atoms with Crippen molar-refractivity contribution in [1.29, 1.82) is 0 Å². The Balaban J connectivity index is 4.07. The van der Waals surface area contributed by atoms with Gasteiger partial charge in [-0.1, -0.05) is 23.9 Å². The average Bonchev–Trinajstić information content (AvgIpc) is 2.15. The maximum Gasteiger partial charge on any atom is 0.365 e. The van der Waals surface area contributed by atoms with Gasteiger partial charge in [-0.3, -0.25) is 0 Å². The van der Waals surface area contributed by atoms with Crippen molar-refractivity contribution in [3.05, 3.63) is 24.3 Å². The third kappa shape index (κ3) is 5.27. The number of allylic oxidation sites excluding steroid dienone is 1. The summed E-state index contributed by atoms with van der Waals surface area (Å²) in [5, 5.41) is 3.56. The molecule has 0 aromatic carbocycles. The third-order valence-corrected chi connectivity index (χ3v) is 1.27. The molecule has 0 aliphatic heterocycles. The van der Waals surface area contributed by atoms with Gasteiger partial charge in [0.25, 0.3) is 0 Å². The van der Waals surface area contributed by atoms with Gasteiger partial charge in [0, 0.05) is 7.11 Å². The van der Waals surface area contributed by atoms with Crippen LogP contribution in [-0.4, -0.2) is 25.4 Å². The molecule has 0 amide bonds. The molecule has 0 unspecified atom stereocenters. The molecular formula is C10H15NO3. The summed E-state index contributed by atoms with van der Waals surface area (Å²) in [5.74, 6) is -0.557. The summed E-state index contributed by atoms with van der Waals surface area (Å²) in [4.78, 5) is 15.7. The lowest BCUT2D eigenvalue weighted by Gasteiger charge is -1.99. The van der Waals surface area contributed by atoms with Crippen molar-refractivity contribution in [3.8, 4) is 0 Å². The van der Waals surface area contributed by atoms with Crippen LogP contribution in [0, 0.1) is 0 Å². The minimum absolute atomic E-state index is 0.265. The molecule has 78 valence electrons. The van der Waals surface area contributed by atoms with Crippen LogP contribution in [-0.2, 0) is 14.4 Å². The molecular weight excluding hydrogens is 182 g/mol. The van der Waals surface area contributed by atoms with Crippen molar-refractivity contribution in [2.45, 2.75) is 13.8 Å². The summed E-state index contributed by atoms with van der Waals surface area (Å²) in [6.45, 7) is 7.34. The summed E-state index contributed by atoms with van der Waals surface area (Å²) < 4.78 is 4.79. The first kappa shape index (κ1) is 12.6. The molecule has 0 spiro atoms. The molecule has 0 saturated heterocycles. The summed E-state index contributed by atoms with van der Waals surface area (Å²) in [6.07, 6.45) is 3.26. The number of carbonyl (C=O) groups is 1. The Bertz CT molecular complexity index is 267. The van der Waals surface area contributed by atoms with Crippen molar-refractivity contribution < 1.29 is 14.4 Å². The van der Waals surface area contributed by atoms with Crippen molar-refractivity contribution in [1.82, 2.24) is 0 Å². The van der Waals surface area contributed by atoms with Crippen molar-refractivity contribution >= 4 is 11.7 Å². The Hall–Kier alpha value is -1.42. The van der Waals surface area contributed by atoms with E-state index in [2.05, 4.69) is 16.6 Å². The van der Waals surface area contributed by atoms with E-state index in [0.717, 1.165) is 0 Å². The molecule has 0 aliphatic carbocycles. The van der Waals surface area contributed by atoms with Crippen LogP contribution in [0.3, 0.4) is 0 Å². The SMILES string of the molecule is C=C(/C=C\C)C(=O)O/N=C(/C)COC. The van der Waals surface area contributed by atoms with E-state index in [9.17, 15) is 4.79 Å². The molecule has 0 aromatic rings. The van der Waals surface area contributed by atoms with Gasteiger partial charge in [-0.25, -0.2) is 4.79 Å². The molecule has 4 nitrogen and oxygen atoms in total. The van der Waals surface area contributed by atoms with E-state index >= 15 is 0 Å². The van der Waals surface area contributed by atoms with Gasteiger partial charge in [0.15, 0.2) is 0 Å². The van der Waals surface area contributed by atoms with Crippen LogP contribution in [0.2, 0.25) is 0 Å². The minimum atomic E-state index is -0.557. The zero-order valence-electron chi connectivity index (χ0n) is 8.74. The highest BCUT2D eigenvalue weighted by atomic mass is 16.7. The van der Waals surface area contributed by atoms with E-state index in [0.29, 0.717) is 12.3 Å². The predicted octanol–water partition coefficient (Wildman–Crippen LogP) is 1.68. The molecule has 0 aliphatic rings. The van der Waals surface area contributed by atoms with E-state index in [1.54, 1.807) is 33.1 Å². The number of hydrogen-bond donors (Lipinski definition) is 0. The average molecular weight is 197 g/mol. The zero-order chi connectivity index (χ0) is 11.0. The van der Waals surface area contributed by atoms with Gasteiger partial charge in [-0.2, -0.15) is 0 Å². The number of rotatable bonds is 5. The van der Waals surface area contributed by atoms with Crippen LogP contribution in [0.1, 0.15) is 13.8 Å². The molecule has 0 radical (unpaired) electrons. The van der Waals surface area contributed by atoms with E-state index in [-0.39, 0.29) is 5.57 Å². The maximum absolute atomic E-state index is 11.1. The van der Waals surface area contributed by atoms with E-state index in [1.165, 1.54) is 0 Å². The second-order valence-electron chi connectivity index (χ2n) is 2.66. The number of methoxy groups -OCH3 is 1. The smallest absolute Gasteiger partial charge is 0.365 e. The first-order valence-corrected chi connectivity index (χ1v) is 4.17. The predicted molar refractivity (Wildman–Crippen MR) is 55.0 cm³/mol. The number of oxime groups is 1. The normalized spacial score (nSPS) is 11.8. The molecule has 0 N–H and O–H groups in total. The molecule has 0 heterocycles. The molecule has 0 bridgehead atoms. The second kappa shape index (κ2) is 7.03. The van der Waals surface area contributed by atoms with Crippen LogP contribution >= 0.6 is 0 Å². The minimum Gasteiger partial charge on any atom is -0.379 e. The van der Waals surface area contributed by atoms with Crippen molar-refractivity contribution in [3.63, 3.8) is 0 Å². The maximum atomic E-state index is 11.1. The Kier molecular flexibility index (Phi) is 6.32. The molecule has 4 heteroatoms. The van der Waals surface area contributed by atoms with Crippen molar-refractivity contribution in [2.24, 2.45) is 5.16 Å². The Morgan fingerprint density at radius 1 is 1.57 bits per heavy atom. The lowest BCUT2D eigenvalue weighted by atomic mass is 10.3. The summed E-state index contributed by atoms with van der Waals surface area (Å²) in [5.41, 5.74) is 0.857. The van der Waals surface area contributed by atoms with Gasteiger partial charge >= 0.3 is 5.97 Å². The highest BCUT2D eigenvalue weighted by Crippen LogP contribution is 1.97. The zero-order valence-corrected chi connectivity index (χ0v) is 8.74. The van der Waals surface area contributed by atoms with Crippen LogP contribution in [0.25, 0.3) is 0 Å². The Morgan fingerprint density at radius 3 is 2.71 bits per heavy atom. The fraction of sp³-hybridized carbons (Fsp3) is 0.400. The standard InChI is InChI=1S/C10H15NO3/c1-5-6-8(2)10(12)14-11-9(3)7-13-4/h5-6H,2,7H2,1,3-4H3/b6-5-,11-9-. The van der Waals surface area contributed by atoms with Crippen LogP contribution in [0.15, 0.2) is 29.5 Å². The number of ether oxygens (including phenoxy) is 1. The molecule has 0 rings (SSSR count). The first-order valence-electron chi connectivity index (χ1n) is 4.17. The quantitative estimate of drug-likeness (QED) is 0.221. The molecule has 0 aromatic heterocycles. The summed E-state index contributed by atoms with van der Waals surface area (Å²) in [6, 6.07) is 0. The van der Waals surface area contributed by atoms with Gasteiger partial charge in [0.2, 0.25) is 0 Å². The van der Waals surface area contributed by atoms with Gasteiger partial charge in [-0.15, -0.1) is 0 Å². The van der Waals surface area contributed by atoms with Crippen LogP contribution in [0.4, 0.5) is 0 Å². The number of carbonyl (C=O) groups excluding carboxylic acids is 1. The summed E-state index contributed by atoms with van der Waals surface area (Å²) in [7, 11) is 1.54. The molecule has 0 atom stereocenters. The molecule has 0 saturated carbocycles. The third-order valence-electron chi connectivity index (χ3n) is 1.27. The Labute approximate surface area is 83.9 Å². The van der Waals surface area contributed by atoms with Crippen molar-refractivity contribution in [2.75, 3.05) is 13.7 Å². The number of nitrogens with zero attached hydrogens (tertiary/aromatic N) is 1. The van der Waals surface area contributed by atoms with Gasteiger partial charge in [0.1, 0.15) is 0 Å². The lowest BCUT2D eigenvalue weighted by Crippen LogP contribution is -2.06. The number of hydrogen-bond acceptors (Lipinski definition) is 4. The lowest BCUT2D eigenvalue weighted by molar-refractivity contribution is -0.138. The highest BCUT2D eigenvalue weighted by molar-refractivity contribution is 5.91. The molecule has 14 heavy (non-hydrogen) atoms. The van der Waals surface area contributed by atoms with Gasteiger partial charge < -0.3 is 9.57 Å². The largest absolute Gasteiger partial charge is 0.379 e. The highest BCUT2D eigenvalue weighted by Gasteiger charge is 2.04. The second-order valence-corrected chi connectivity index (χ2v) is 2.66. The van der Waals surface area contributed by atoms with Crippen LogP contribution in [0.5, 0.6) is 0 Å². The van der Waals surface area contributed by atoms with E-state index in [1.807, 2.05) is 0 Å². The first-order chi connectivity index (χ1) is 6.61. The fourth-order valence-corrected chi connectivity index (χ4v) is 0.682. The topological polar surface area (TPSA) is 47.9 Å². The van der Waals surface area contributed by atoms with E-state index < -0.39 is 5.97 Å². The van der Waals surface area contributed by atoms with Gasteiger partial charge in [0.05, 0.1) is 17.9 Å². The van der Waals surface area contributed by atoms with Crippen LogP contribution < -0.4 is 0 Å². The fourth-order valence-electron chi connectivity index (χ4n) is 0.682. The van der Waals surface area contributed by atoms with E-state index in [4.69, 9.17) is 4.74 Å². The molecule has 0 fully saturated rings. The summed E-state index contributed by atoms with van der Waals surface area (Å²) >= 11 is 0. The monoisotopic (exact) mass is 197 g/mol. The van der Waals surface area contributed by atoms with Gasteiger partial charge in [-0.05, 0) is 13.8 Å².